The van der Waals surface area contributed by atoms with Crippen molar-refractivity contribution in [3.63, 3.8) is 0 Å². The lowest BCUT2D eigenvalue weighted by Crippen LogP contribution is -2.46. The van der Waals surface area contributed by atoms with E-state index >= 15 is 0 Å². The Bertz CT molecular complexity index is 158. The Balaban J connectivity index is 2.00. The molecule has 0 unspecified atom stereocenters. The molecule has 1 aliphatic heterocycles. The highest BCUT2D eigenvalue weighted by molar-refractivity contribution is 4.71. The summed E-state index contributed by atoms with van der Waals surface area (Å²) >= 11 is 0. The van der Waals surface area contributed by atoms with Crippen molar-refractivity contribution in [3.8, 4) is 0 Å². The van der Waals surface area contributed by atoms with Crippen LogP contribution in [0.25, 0.3) is 0 Å². The summed E-state index contributed by atoms with van der Waals surface area (Å²) in [5.41, 5.74) is 5.56. The molecule has 0 radical (unpaired) electrons. The molecule has 0 bridgehead atoms. The van der Waals surface area contributed by atoms with Gasteiger partial charge < -0.3 is 19.9 Å². The quantitative estimate of drug-likeness (QED) is 0.573. The van der Waals surface area contributed by atoms with Gasteiger partial charge in [0.25, 0.3) is 0 Å². The number of nitrogens with two attached hydrogens (primary N) is 1. The van der Waals surface area contributed by atoms with Crippen LogP contribution in [0.5, 0.6) is 0 Å². The van der Waals surface area contributed by atoms with Gasteiger partial charge >= 0.3 is 0 Å². The van der Waals surface area contributed by atoms with E-state index in [1.807, 2.05) is 0 Å². The highest BCUT2D eigenvalue weighted by Gasteiger charge is 2.18. The topological polar surface area (TPSA) is 57.0 Å². The molecular weight excluding hydrogens is 196 g/mol. The minimum absolute atomic E-state index is 0.192. The molecule has 0 saturated carbocycles. The van der Waals surface area contributed by atoms with Crippen LogP contribution in [-0.4, -0.2) is 70.7 Å². The standard InChI is InChI=1S/C10H22N2O3/c1-13-6-7-14-4-2-12-3-5-15-10(8-11)9-12/h10H,2-9,11H2,1H3/t10-/m1/s1. The third-order valence-corrected chi connectivity index (χ3v) is 2.47. The average Bonchev–Trinajstić information content (AvgIpc) is 2.29. The van der Waals surface area contributed by atoms with Crippen LogP contribution in [0.1, 0.15) is 0 Å². The van der Waals surface area contributed by atoms with Crippen molar-refractivity contribution in [3.05, 3.63) is 0 Å². The van der Waals surface area contributed by atoms with Gasteiger partial charge in [0.2, 0.25) is 0 Å². The van der Waals surface area contributed by atoms with E-state index < -0.39 is 0 Å². The molecule has 1 rings (SSSR count). The van der Waals surface area contributed by atoms with Gasteiger partial charge in [0.1, 0.15) is 0 Å². The number of morpholine rings is 1. The van der Waals surface area contributed by atoms with E-state index in [0.717, 1.165) is 32.8 Å². The van der Waals surface area contributed by atoms with Gasteiger partial charge in [0.05, 0.1) is 32.5 Å². The molecule has 0 amide bonds. The average molecular weight is 218 g/mol. The number of hydrogen-bond donors (Lipinski definition) is 1. The fourth-order valence-electron chi connectivity index (χ4n) is 1.56. The summed E-state index contributed by atoms with van der Waals surface area (Å²) in [5.74, 6) is 0. The highest BCUT2D eigenvalue weighted by Crippen LogP contribution is 2.03. The molecule has 0 spiro atoms. The monoisotopic (exact) mass is 218 g/mol. The summed E-state index contributed by atoms with van der Waals surface area (Å²) in [6.07, 6.45) is 0.192. The Morgan fingerprint density at radius 3 is 3.00 bits per heavy atom. The molecule has 0 aromatic heterocycles. The van der Waals surface area contributed by atoms with Crippen molar-refractivity contribution < 1.29 is 14.2 Å². The zero-order chi connectivity index (χ0) is 10.9. The molecule has 1 fully saturated rings. The van der Waals surface area contributed by atoms with Crippen molar-refractivity contribution in [1.82, 2.24) is 4.90 Å². The van der Waals surface area contributed by atoms with E-state index in [2.05, 4.69) is 4.90 Å². The first-order chi connectivity index (χ1) is 7.36. The highest BCUT2D eigenvalue weighted by atomic mass is 16.5. The molecule has 1 heterocycles. The van der Waals surface area contributed by atoms with Crippen LogP contribution in [-0.2, 0) is 14.2 Å². The Hall–Kier alpha value is -0.200. The van der Waals surface area contributed by atoms with Crippen molar-refractivity contribution in [2.45, 2.75) is 6.10 Å². The zero-order valence-electron chi connectivity index (χ0n) is 9.48. The van der Waals surface area contributed by atoms with Crippen LogP contribution < -0.4 is 5.73 Å². The van der Waals surface area contributed by atoms with E-state index in [1.165, 1.54) is 0 Å². The maximum atomic E-state index is 5.56. The van der Waals surface area contributed by atoms with Gasteiger partial charge in [-0.15, -0.1) is 0 Å². The number of nitrogens with zero attached hydrogens (tertiary/aromatic N) is 1. The largest absolute Gasteiger partial charge is 0.382 e. The second-order valence-corrected chi connectivity index (χ2v) is 3.63. The molecule has 1 aliphatic rings. The lowest BCUT2D eigenvalue weighted by atomic mass is 10.3. The van der Waals surface area contributed by atoms with Gasteiger partial charge in [-0.25, -0.2) is 0 Å². The first kappa shape index (κ1) is 12.9. The van der Waals surface area contributed by atoms with Gasteiger partial charge in [0, 0.05) is 33.3 Å². The van der Waals surface area contributed by atoms with Crippen LogP contribution in [0.2, 0.25) is 0 Å². The third-order valence-electron chi connectivity index (χ3n) is 2.47. The van der Waals surface area contributed by atoms with Crippen LogP contribution in [0.15, 0.2) is 0 Å². The van der Waals surface area contributed by atoms with Crippen LogP contribution in [0.4, 0.5) is 0 Å². The molecule has 0 aliphatic carbocycles. The third kappa shape index (κ3) is 5.44. The predicted octanol–water partition coefficient (Wildman–Crippen LogP) is -0.691. The summed E-state index contributed by atoms with van der Waals surface area (Å²) in [5, 5.41) is 0. The minimum Gasteiger partial charge on any atom is -0.382 e. The van der Waals surface area contributed by atoms with Crippen LogP contribution in [0, 0.1) is 0 Å². The Morgan fingerprint density at radius 2 is 2.27 bits per heavy atom. The number of rotatable bonds is 7. The van der Waals surface area contributed by atoms with E-state index in [4.69, 9.17) is 19.9 Å². The summed E-state index contributed by atoms with van der Waals surface area (Å²) in [6.45, 7) is 6.30. The molecule has 2 N–H and O–H groups in total. The van der Waals surface area contributed by atoms with Gasteiger partial charge in [-0.3, -0.25) is 4.90 Å². The number of hydrogen-bond acceptors (Lipinski definition) is 5. The molecule has 15 heavy (non-hydrogen) atoms. The van der Waals surface area contributed by atoms with E-state index in [1.54, 1.807) is 7.11 Å². The fraction of sp³-hybridized carbons (Fsp3) is 1.00. The molecule has 0 aromatic rings. The summed E-state index contributed by atoms with van der Waals surface area (Å²) < 4.78 is 15.8. The molecule has 1 atom stereocenters. The van der Waals surface area contributed by atoms with E-state index in [-0.39, 0.29) is 6.10 Å². The second kappa shape index (κ2) is 8.01. The smallest absolute Gasteiger partial charge is 0.0824 e. The van der Waals surface area contributed by atoms with Crippen molar-refractivity contribution in [2.24, 2.45) is 5.73 Å². The number of ether oxygens (including phenoxy) is 3. The molecule has 1 saturated heterocycles. The summed E-state index contributed by atoms with van der Waals surface area (Å²) in [7, 11) is 1.68. The lowest BCUT2D eigenvalue weighted by Gasteiger charge is -2.32. The molecule has 5 nitrogen and oxygen atoms in total. The van der Waals surface area contributed by atoms with Gasteiger partial charge in [0.15, 0.2) is 0 Å². The van der Waals surface area contributed by atoms with Crippen molar-refractivity contribution in [2.75, 3.05) is 59.7 Å². The van der Waals surface area contributed by atoms with Crippen LogP contribution in [0.3, 0.4) is 0 Å². The molecule has 5 heteroatoms. The lowest BCUT2D eigenvalue weighted by molar-refractivity contribution is -0.0333. The van der Waals surface area contributed by atoms with Gasteiger partial charge in [-0.05, 0) is 0 Å². The molecular formula is C10H22N2O3. The Morgan fingerprint density at radius 1 is 1.40 bits per heavy atom. The second-order valence-electron chi connectivity index (χ2n) is 3.63. The van der Waals surface area contributed by atoms with E-state index in [9.17, 15) is 0 Å². The number of methoxy groups -OCH3 is 1. The fourth-order valence-corrected chi connectivity index (χ4v) is 1.56. The Kier molecular flexibility index (Phi) is 6.87. The van der Waals surface area contributed by atoms with Crippen LogP contribution >= 0.6 is 0 Å². The molecule has 90 valence electrons. The minimum atomic E-state index is 0.192. The maximum Gasteiger partial charge on any atom is 0.0824 e. The summed E-state index contributed by atoms with van der Waals surface area (Å²) in [4.78, 5) is 2.33. The first-order valence-electron chi connectivity index (χ1n) is 5.47. The zero-order valence-corrected chi connectivity index (χ0v) is 9.48. The normalized spacial score (nSPS) is 23.2. The SMILES string of the molecule is COCCOCCN1CCO[C@H](CN)C1. The Labute approximate surface area is 91.5 Å². The summed E-state index contributed by atoms with van der Waals surface area (Å²) in [6, 6.07) is 0. The predicted molar refractivity (Wildman–Crippen MR) is 57.9 cm³/mol. The maximum absolute atomic E-state index is 5.56. The van der Waals surface area contributed by atoms with E-state index in [0.29, 0.717) is 19.8 Å². The van der Waals surface area contributed by atoms with Crippen molar-refractivity contribution >= 4 is 0 Å². The first-order valence-corrected chi connectivity index (χ1v) is 5.47. The van der Waals surface area contributed by atoms with Gasteiger partial charge in [-0.2, -0.15) is 0 Å². The van der Waals surface area contributed by atoms with Crippen molar-refractivity contribution in [1.29, 1.82) is 0 Å². The molecule has 0 aromatic carbocycles. The van der Waals surface area contributed by atoms with Gasteiger partial charge in [-0.1, -0.05) is 0 Å².